The Morgan fingerprint density at radius 3 is 0.700 bits per heavy atom. The molecule has 2 aliphatic rings. The van der Waals surface area contributed by atoms with Crippen LogP contribution in [-0.4, -0.2) is 0 Å². The Morgan fingerprint density at radius 2 is 0.467 bits per heavy atom. The van der Waals surface area contributed by atoms with Crippen LogP contribution in [0.1, 0.15) is 66.5 Å². The van der Waals surface area contributed by atoms with Gasteiger partial charge in [-0.3, -0.25) is 0 Å². The molecule has 2 aromatic carbocycles. The van der Waals surface area contributed by atoms with E-state index in [4.69, 9.17) is 0 Å². The Kier molecular flexibility index (Phi) is 5.90. The first kappa shape index (κ1) is 21.7. The Morgan fingerprint density at radius 1 is 0.267 bits per heavy atom. The molecule has 0 nitrogen and oxygen atoms in total. The minimum Gasteiger partial charge on any atom is -0.0579 e. The molecule has 10 radical (unpaired) electrons. The van der Waals surface area contributed by atoms with E-state index in [-0.39, 0.29) is 0 Å². The van der Waals surface area contributed by atoms with E-state index < -0.39 is 0 Å². The summed E-state index contributed by atoms with van der Waals surface area (Å²) in [6.45, 7) is 17.9. The molecule has 152 valence electrons. The van der Waals surface area contributed by atoms with Crippen LogP contribution in [0.15, 0.2) is 48.5 Å². The highest BCUT2D eigenvalue weighted by Crippen LogP contribution is 2.56. The molecule has 0 spiro atoms. The van der Waals surface area contributed by atoms with Crippen LogP contribution in [0.25, 0.3) is 11.1 Å². The van der Waals surface area contributed by atoms with Gasteiger partial charge in [-0.2, -0.15) is 0 Å². The fourth-order valence-electron chi connectivity index (χ4n) is 4.96. The minimum atomic E-state index is 1.27. The molecule has 0 amide bonds. The largest absolute Gasteiger partial charge is 0.0579 e. The van der Waals surface area contributed by atoms with Gasteiger partial charge in [-0.1, -0.05) is 104 Å². The lowest BCUT2D eigenvalue weighted by Crippen LogP contribution is -2.09. The van der Waals surface area contributed by atoms with E-state index in [1.165, 1.54) is 81.4 Å². The first-order valence-corrected chi connectivity index (χ1v) is 10.9. The van der Waals surface area contributed by atoms with Gasteiger partial charge in [0.2, 0.25) is 0 Å². The molecule has 0 N–H and O–H groups in total. The average Bonchev–Trinajstić information content (AvgIpc) is 3.07. The van der Waals surface area contributed by atoms with E-state index in [2.05, 4.69) is 104 Å². The van der Waals surface area contributed by atoms with Crippen LogP contribution in [0.3, 0.4) is 0 Å². The van der Waals surface area contributed by atoms with Crippen molar-refractivity contribution in [2.24, 2.45) is 0 Å². The number of benzene rings is 2. The van der Waals surface area contributed by atoms with E-state index in [1.54, 1.807) is 0 Å². The van der Waals surface area contributed by atoms with Crippen molar-refractivity contribution in [1.29, 1.82) is 0 Å². The van der Waals surface area contributed by atoms with Gasteiger partial charge in [-0.15, -0.1) is 0 Å². The van der Waals surface area contributed by atoms with Crippen molar-refractivity contribution >= 4 is 0 Å². The second kappa shape index (κ2) is 8.18. The standard InChI is InChI=1S/C30H32/c1-17-18(2)22(6)29(21(17)5)27-13-9-25(10-14-27)26-11-15-28(16-12-26)30-23(7)19(3)20(4)24(30)8/h9-16H,1-8H3. The van der Waals surface area contributed by atoms with Crippen LogP contribution in [-0.2, 0) is 0 Å². The van der Waals surface area contributed by atoms with Gasteiger partial charge in [0.25, 0.3) is 0 Å². The predicted octanol–water partition coefficient (Wildman–Crippen LogP) is 7.98. The zero-order chi connectivity index (χ0) is 21.7. The maximum Gasteiger partial charge on any atom is 0.0191 e. The Balaban J connectivity index is 1.53. The van der Waals surface area contributed by atoms with Crippen molar-refractivity contribution in [3.05, 3.63) is 119 Å². The number of rotatable bonds is 3. The third-order valence-electron chi connectivity index (χ3n) is 7.56. The fourth-order valence-corrected chi connectivity index (χ4v) is 4.96. The third kappa shape index (κ3) is 3.45. The van der Waals surface area contributed by atoms with Crippen LogP contribution >= 0.6 is 0 Å². The molecule has 0 atom stereocenters. The predicted molar refractivity (Wildman–Crippen MR) is 128 cm³/mol. The van der Waals surface area contributed by atoms with Crippen LogP contribution in [0.5, 0.6) is 0 Å². The molecule has 2 aliphatic carbocycles. The van der Waals surface area contributed by atoms with E-state index in [1.807, 2.05) is 0 Å². The normalized spacial score (nSPS) is 23.3. The molecule has 0 unspecified atom stereocenters. The highest BCUT2D eigenvalue weighted by atomic mass is 14.5. The summed E-state index contributed by atoms with van der Waals surface area (Å²) >= 11 is 0. The molecular weight excluding hydrogens is 360 g/mol. The molecular formula is C30H32. The Hall–Kier alpha value is -1.56. The third-order valence-corrected chi connectivity index (χ3v) is 7.56. The van der Waals surface area contributed by atoms with Gasteiger partial charge < -0.3 is 0 Å². The highest BCUT2D eigenvalue weighted by Gasteiger charge is 2.45. The first-order chi connectivity index (χ1) is 14.2. The topological polar surface area (TPSA) is 0 Å². The summed E-state index contributed by atoms with van der Waals surface area (Å²) < 4.78 is 0. The summed E-state index contributed by atoms with van der Waals surface area (Å²) in [4.78, 5) is 0. The van der Waals surface area contributed by atoms with Crippen molar-refractivity contribution in [2.45, 2.75) is 55.4 Å². The summed E-state index contributed by atoms with van der Waals surface area (Å²) in [6, 6.07) is 18.1. The van der Waals surface area contributed by atoms with Crippen molar-refractivity contribution in [2.75, 3.05) is 0 Å². The first-order valence-electron chi connectivity index (χ1n) is 10.9. The SMILES string of the molecule is C[C]1[C](C)[C](C)[C](c2ccc(-c3ccc([C]4[C](C)[C](C)[C](C)[C]4C)cc3)cc2)[C]1C. The van der Waals surface area contributed by atoms with Gasteiger partial charge >= 0.3 is 0 Å². The van der Waals surface area contributed by atoms with E-state index >= 15 is 0 Å². The molecule has 2 fully saturated rings. The Bertz CT molecular complexity index is 743. The zero-order valence-electron chi connectivity index (χ0n) is 19.6. The van der Waals surface area contributed by atoms with Gasteiger partial charge in [0, 0.05) is 11.8 Å². The zero-order valence-corrected chi connectivity index (χ0v) is 19.6. The molecule has 2 saturated carbocycles. The lowest BCUT2D eigenvalue weighted by Gasteiger charge is -2.21. The number of hydrogen-bond acceptors (Lipinski definition) is 0. The molecule has 0 aromatic heterocycles. The second-order valence-electron chi connectivity index (χ2n) is 8.90. The molecule has 0 aliphatic heterocycles. The maximum absolute atomic E-state index is 2.27. The Labute approximate surface area is 185 Å². The number of hydrogen-bond donors (Lipinski definition) is 0. The maximum atomic E-state index is 2.27. The van der Waals surface area contributed by atoms with Crippen LogP contribution in [0.2, 0.25) is 0 Å². The molecule has 0 bridgehead atoms. The summed E-state index contributed by atoms with van der Waals surface area (Å²) in [7, 11) is 0. The monoisotopic (exact) mass is 392 g/mol. The minimum absolute atomic E-state index is 1.27. The van der Waals surface area contributed by atoms with E-state index in [0.717, 1.165) is 0 Å². The van der Waals surface area contributed by atoms with Gasteiger partial charge in [0.1, 0.15) is 0 Å². The van der Waals surface area contributed by atoms with Crippen LogP contribution < -0.4 is 0 Å². The summed E-state index contributed by atoms with van der Waals surface area (Å²) in [5.74, 6) is 14.1. The van der Waals surface area contributed by atoms with Crippen molar-refractivity contribution < 1.29 is 0 Å². The molecule has 2 aromatic rings. The van der Waals surface area contributed by atoms with Crippen molar-refractivity contribution in [3.63, 3.8) is 0 Å². The lowest BCUT2D eigenvalue weighted by atomic mass is 9.82. The van der Waals surface area contributed by atoms with Gasteiger partial charge in [0.15, 0.2) is 0 Å². The lowest BCUT2D eigenvalue weighted by molar-refractivity contribution is 0.973. The molecule has 0 saturated heterocycles. The van der Waals surface area contributed by atoms with E-state index in [9.17, 15) is 0 Å². The average molecular weight is 393 g/mol. The molecule has 0 heteroatoms. The quantitative estimate of drug-likeness (QED) is 0.496. The second-order valence-corrected chi connectivity index (χ2v) is 8.90. The summed E-state index contributed by atoms with van der Waals surface area (Å²) in [6.07, 6.45) is 0. The summed E-state index contributed by atoms with van der Waals surface area (Å²) in [5, 5.41) is 0. The van der Waals surface area contributed by atoms with Crippen LogP contribution in [0.4, 0.5) is 0 Å². The van der Waals surface area contributed by atoms with Gasteiger partial charge in [-0.05, 0) is 69.6 Å². The molecule has 30 heavy (non-hydrogen) atoms. The molecule has 4 rings (SSSR count). The highest BCUT2D eigenvalue weighted by molar-refractivity contribution is 5.71. The fraction of sp³-hybridized carbons (Fsp3) is 0.267. The van der Waals surface area contributed by atoms with Crippen molar-refractivity contribution in [1.82, 2.24) is 0 Å². The van der Waals surface area contributed by atoms with Gasteiger partial charge in [-0.25, -0.2) is 0 Å². The van der Waals surface area contributed by atoms with Crippen molar-refractivity contribution in [3.8, 4) is 11.1 Å². The van der Waals surface area contributed by atoms with E-state index in [0.29, 0.717) is 0 Å². The summed E-state index contributed by atoms with van der Waals surface area (Å²) in [5.41, 5.74) is 5.17. The smallest absolute Gasteiger partial charge is 0.0191 e. The van der Waals surface area contributed by atoms with Gasteiger partial charge in [0.05, 0.1) is 0 Å². The van der Waals surface area contributed by atoms with Crippen LogP contribution in [0, 0.1) is 59.2 Å². The molecule has 0 heterocycles.